The zero-order valence-electron chi connectivity index (χ0n) is 34.6. The van der Waals surface area contributed by atoms with Crippen LogP contribution in [0.15, 0.2) is 224 Å². The van der Waals surface area contributed by atoms with Crippen LogP contribution < -0.4 is 0 Å². The quantitative estimate of drug-likeness (QED) is 0.164. The van der Waals surface area contributed by atoms with E-state index in [1.165, 1.54) is 114 Å². The molecule has 0 aliphatic rings. The van der Waals surface area contributed by atoms with Crippen molar-refractivity contribution in [3.63, 3.8) is 0 Å². The minimum Gasteiger partial charge on any atom is -0.309 e. The minimum atomic E-state index is 1.15. The van der Waals surface area contributed by atoms with Crippen molar-refractivity contribution < 1.29 is 0 Å². The summed E-state index contributed by atoms with van der Waals surface area (Å²) in [4.78, 5) is 0. The highest BCUT2D eigenvalue weighted by Gasteiger charge is 2.21. The monoisotopic (exact) mass is 831 g/mol. The molecule has 64 heavy (non-hydrogen) atoms. The largest absolute Gasteiger partial charge is 0.309 e. The van der Waals surface area contributed by atoms with E-state index in [0.717, 1.165) is 11.4 Å². The lowest BCUT2D eigenvalue weighted by atomic mass is 9.99. The molecule has 0 atom stereocenters. The Balaban J connectivity index is 0.940. The molecule has 0 amide bonds. The van der Waals surface area contributed by atoms with Crippen molar-refractivity contribution in [3.8, 4) is 39.3 Å². The van der Waals surface area contributed by atoms with Crippen molar-refractivity contribution in [2.45, 2.75) is 0 Å². The number of fused-ring (bicyclic) bond motifs is 12. The number of hydrogen-bond donors (Lipinski definition) is 0. The smallest absolute Gasteiger partial charge is 0.0555 e. The topological polar surface area (TPSA) is 14.8 Å². The van der Waals surface area contributed by atoms with E-state index in [1.807, 2.05) is 11.3 Å². The van der Waals surface area contributed by atoms with Gasteiger partial charge in [-0.3, -0.25) is 0 Å². The standard InChI is InChI=1S/C60H37N3S/c1-2-14-38(15-3-1)39-28-30-40(31-29-39)43-20-12-21-48-59-57(26-13-27-58(59)64-60(43)48)63-54-25-11-7-19-47(54)50-37-42(33-35-56(50)63)62-53-24-10-6-18-46(53)49-36-41(32-34-55(49)62)61-51-22-8-4-16-44(51)45-17-5-9-23-52(45)61/h1-37H. The van der Waals surface area contributed by atoms with Crippen LogP contribution in [0.25, 0.3) is 125 Å². The van der Waals surface area contributed by atoms with Gasteiger partial charge in [-0.15, -0.1) is 11.3 Å². The van der Waals surface area contributed by atoms with E-state index in [-0.39, 0.29) is 0 Å². The molecule has 4 heterocycles. The van der Waals surface area contributed by atoms with Gasteiger partial charge in [0, 0.05) is 63.9 Å². The Morgan fingerprint density at radius 2 is 0.719 bits per heavy atom. The van der Waals surface area contributed by atoms with E-state index in [1.54, 1.807) is 0 Å². The second kappa shape index (κ2) is 13.7. The van der Waals surface area contributed by atoms with Gasteiger partial charge in [0.15, 0.2) is 0 Å². The fourth-order valence-electron chi connectivity index (χ4n) is 10.7. The van der Waals surface area contributed by atoms with Crippen molar-refractivity contribution in [2.75, 3.05) is 0 Å². The Kier molecular flexibility index (Phi) is 7.56. The highest BCUT2D eigenvalue weighted by Crippen LogP contribution is 2.45. The van der Waals surface area contributed by atoms with Gasteiger partial charge >= 0.3 is 0 Å². The Labute approximate surface area is 372 Å². The molecule has 14 aromatic rings. The van der Waals surface area contributed by atoms with Gasteiger partial charge in [0.25, 0.3) is 0 Å². The Morgan fingerprint density at radius 1 is 0.281 bits per heavy atom. The van der Waals surface area contributed by atoms with Gasteiger partial charge < -0.3 is 13.7 Å². The van der Waals surface area contributed by atoms with Gasteiger partial charge in [0.05, 0.1) is 38.8 Å². The van der Waals surface area contributed by atoms with Crippen molar-refractivity contribution in [1.82, 2.24) is 13.7 Å². The fourth-order valence-corrected chi connectivity index (χ4v) is 11.9. The number of benzene rings is 10. The first kappa shape index (κ1) is 35.4. The van der Waals surface area contributed by atoms with E-state index >= 15 is 0 Å². The lowest BCUT2D eigenvalue weighted by Crippen LogP contribution is -1.97. The summed E-state index contributed by atoms with van der Waals surface area (Å²) in [5.74, 6) is 0. The van der Waals surface area contributed by atoms with Crippen LogP contribution in [0.1, 0.15) is 0 Å². The number of rotatable bonds is 5. The maximum absolute atomic E-state index is 2.49. The lowest BCUT2D eigenvalue weighted by Gasteiger charge is -2.12. The lowest BCUT2D eigenvalue weighted by molar-refractivity contribution is 1.16. The summed E-state index contributed by atoms with van der Waals surface area (Å²) >= 11 is 1.89. The first-order chi connectivity index (χ1) is 31.8. The Bertz CT molecular complexity index is 4130. The number of para-hydroxylation sites is 4. The zero-order valence-corrected chi connectivity index (χ0v) is 35.4. The molecular weight excluding hydrogens is 795 g/mol. The molecule has 0 bridgehead atoms. The molecular formula is C60H37N3S. The molecule has 0 aliphatic carbocycles. The van der Waals surface area contributed by atoms with E-state index in [9.17, 15) is 0 Å². The van der Waals surface area contributed by atoms with Crippen molar-refractivity contribution >= 4 is 96.9 Å². The molecule has 0 N–H and O–H groups in total. The van der Waals surface area contributed by atoms with Crippen LogP contribution in [0.3, 0.4) is 0 Å². The number of thiophene rings is 1. The van der Waals surface area contributed by atoms with Gasteiger partial charge in [-0.05, 0) is 95.1 Å². The normalized spacial score (nSPS) is 12.1. The van der Waals surface area contributed by atoms with Gasteiger partial charge in [0.2, 0.25) is 0 Å². The summed E-state index contributed by atoms with van der Waals surface area (Å²) < 4.78 is 9.96. The van der Waals surface area contributed by atoms with Gasteiger partial charge in [-0.2, -0.15) is 0 Å². The molecule has 0 saturated heterocycles. The summed E-state index contributed by atoms with van der Waals surface area (Å²) in [6, 6.07) is 82.6. The molecule has 0 aliphatic heterocycles. The highest BCUT2D eigenvalue weighted by molar-refractivity contribution is 7.26. The van der Waals surface area contributed by atoms with Gasteiger partial charge in [-0.1, -0.05) is 152 Å². The third-order valence-corrected chi connectivity index (χ3v) is 14.7. The van der Waals surface area contributed by atoms with Crippen molar-refractivity contribution in [3.05, 3.63) is 224 Å². The SMILES string of the molecule is c1ccc(-c2ccc(-c3cccc4c3sc3cccc(-n5c6ccccc6c6cc(-n7c8ccccc8c8cc(-n9c%10ccccc%10c%10ccccc%109)ccc87)ccc65)c34)cc2)cc1. The fraction of sp³-hybridized carbons (Fsp3) is 0. The first-order valence-corrected chi connectivity index (χ1v) is 22.7. The van der Waals surface area contributed by atoms with Crippen LogP contribution in [0.2, 0.25) is 0 Å². The molecule has 0 fully saturated rings. The van der Waals surface area contributed by atoms with Crippen molar-refractivity contribution in [1.29, 1.82) is 0 Å². The van der Waals surface area contributed by atoms with Gasteiger partial charge in [-0.25, -0.2) is 0 Å². The first-order valence-electron chi connectivity index (χ1n) is 21.9. The van der Waals surface area contributed by atoms with Crippen LogP contribution in [0.5, 0.6) is 0 Å². The highest BCUT2D eigenvalue weighted by atomic mass is 32.1. The predicted octanol–water partition coefficient (Wildman–Crippen LogP) is 16.7. The number of nitrogens with zero attached hydrogens (tertiary/aromatic N) is 3. The Hall–Kier alpha value is -8.18. The summed E-state index contributed by atoms with van der Waals surface area (Å²) in [5.41, 5.74) is 15.7. The maximum atomic E-state index is 2.49. The average Bonchev–Trinajstić information content (AvgIpc) is 4.10. The summed E-state index contributed by atoms with van der Waals surface area (Å²) in [5, 5.41) is 10.1. The van der Waals surface area contributed by atoms with Crippen LogP contribution in [-0.2, 0) is 0 Å². The third kappa shape index (κ3) is 5.09. The van der Waals surface area contributed by atoms with Crippen LogP contribution in [0, 0.1) is 0 Å². The molecule has 14 rings (SSSR count). The molecule has 4 heteroatoms. The third-order valence-electron chi connectivity index (χ3n) is 13.5. The Morgan fingerprint density at radius 3 is 1.31 bits per heavy atom. The van der Waals surface area contributed by atoms with Gasteiger partial charge in [0.1, 0.15) is 0 Å². The van der Waals surface area contributed by atoms with Crippen LogP contribution >= 0.6 is 11.3 Å². The zero-order chi connectivity index (χ0) is 41.9. The van der Waals surface area contributed by atoms with E-state index in [2.05, 4.69) is 238 Å². The predicted molar refractivity (Wildman–Crippen MR) is 273 cm³/mol. The van der Waals surface area contributed by atoms with Crippen molar-refractivity contribution in [2.24, 2.45) is 0 Å². The number of aromatic nitrogens is 3. The summed E-state index contributed by atoms with van der Waals surface area (Å²) in [7, 11) is 0. The molecule has 3 nitrogen and oxygen atoms in total. The molecule has 4 aromatic heterocycles. The molecule has 298 valence electrons. The molecule has 0 radical (unpaired) electrons. The molecule has 0 saturated carbocycles. The second-order valence-electron chi connectivity index (χ2n) is 16.9. The molecule has 0 unspecified atom stereocenters. The van der Waals surface area contributed by atoms with E-state index in [4.69, 9.17) is 0 Å². The second-order valence-corrected chi connectivity index (χ2v) is 17.9. The molecule has 10 aromatic carbocycles. The van der Waals surface area contributed by atoms with E-state index in [0.29, 0.717) is 0 Å². The average molecular weight is 832 g/mol. The maximum Gasteiger partial charge on any atom is 0.0555 e. The summed E-state index contributed by atoms with van der Waals surface area (Å²) in [6.07, 6.45) is 0. The summed E-state index contributed by atoms with van der Waals surface area (Å²) in [6.45, 7) is 0. The van der Waals surface area contributed by atoms with E-state index < -0.39 is 0 Å². The minimum absolute atomic E-state index is 1.15. The van der Waals surface area contributed by atoms with Crippen LogP contribution in [0.4, 0.5) is 0 Å². The molecule has 0 spiro atoms. The van der Waals surface area contributed by atoms with Crippen LogP contribution in [-0.4, -0.2) is 13.7 Å². The number of hydrogen-bond acceptors (Lipinski definition) is 1.